The molecule has 1 aromatic carbocycles. The highest BCUT2D eigenvalue weighted by Crippen LogP contribution is 2.04. The van der Waals surface area contributed by atoms with Crippen molar-refractivity contribution in [2.75, 3.05) is 6.61 Å². The maximum Gasteiger partial charge on any atom is 0.216 e. The molecule has 0 bridgehead atoms. The lowest BCUT2D eigenvalue weighted by atomic mass is 10.2. The van der Waals surface area contributed by atoms with Gasteiger partial charge >= 0.3 is 0 Å². The Hall–Kier alpha value is -0.910. The summed E-state index contributed by atoms with van der Waals surface area (Å²) in [7, 11) is -3.36. The summed E-state index contributed by atoms with van der Waals surface area (Å²) in [5.41, 5.74) is 0.732. The molecule has 0 aromatic heterocycles. The molecule has 1 unspecified atom stereocenters. The summed E-state index contributed by atoms with van der Waals surface area (Å²) in [6.45, 7) is 1.41. The van der Waals surface area contributed by atoms with E-state index in [4.69, 9.17) is 5.11 Å². The minimum Gasteiger partial charge on any atom is -0.395 e. The van der Waals surface area contributed by atoms with E-state index in [1.54, 1.807) is 31.2 Å². The molecular weight excluding hydrogens is 214 g/mol. The number of rotatable bonds is 5. The second-order valence-electron chi connectivity index (χ2n) is 3.45. The SMILES string of the molecule is CC(CO)NS(=O)(=O)Cc1ccccc1. The molecule has 0 heterocycles. The normalized spacial score (nSPS) is 13.7. The fraction of sp³-hybridized carbons (Fsp3) is 0.400. The summed E-state index contributed by atoms with van der Waals surface area (Å²) < 4.78 is 25.5. The van der Waals surface area contributed by atoms with Crippen molar-refractivity contribution in [3.05, 3.63) is 35.9 Å². The van der Waals surface area contributed by atoms with E-state index < -0.39 is 16.1 Å². The van der Waals surface area contributed by atoms with Crippen molar-refractivity contribution >= 4 is 10.0 Å². The predicted octanol–water partition coefficient (Wildman–Crippen LogP) is 0.487. The maximum absolute atomic E-state index is 11.5. The average molecular weight is 229 g/mol. The molecule has 4 nitrogen and oxygen atoms in total. The number of hydrogen-bond donors (Lipinski definition) is 2. The lowest BCUT2D eigenvalue weighted by molar-refractivity contribution is 0.265. The number of nitrogens with one attached hydrogen (secondary N) is 1. The Morgan fingerprint density at radius 2 is 1.93 bits per heavy atom. The molecule has 0 amide bonds. The van der Waals surface area contributed by atoms with Gasteiger partial charge < -0.3 is 5.11 Å². The summed E-state index contributed by atoms with van der Waals surface area (Å²) in [4.78, 5) is 0. The Labute approximate surface area is 90.0 Å². The molecular formula is C10H15NO3S. The molecule has 1 aromatic rings. The van der Waals surface area contributed by atoms with Gasteiger partial charge in [0.2, 0.25) is 10.0 Å². The van der Waals surface area contributed by atoms with Crippen LogP contribution in [0.1, 0.15) is 12.5 Å². The highest BCUT2D eigenvalue weighted by molar-refractivity contribution is 7.88. The Balaban J connectivity index is 2.65. The van der Waals surface area contributed by atoms with E-state index in [1.165, 1.54) is 0 Å². The summed E-state index contributed by atoms with van der Waals surface area (Å²) in [5, 5.41) is 8.74. The van der Waals surface area contributed by atoms with E-state index >= 15 is 0 Å². The van der Waals surface area contributed by atoms with Crippen LogP contribution in [0.25, 0.3) is 0 Å². The monoisotopic (exact) mass is 229 g/mol. The van der Waals surface area contributed by atoms with Gasteiger partial charge in [0.05, 0.1) is 12.4 Å². The zero-order valence-corrected chi connectivity index (χ0v) is 9.37. The molecule has 1 atom stereocenters. The molecule has 0 aliphatic heterocycles. The van der Waals surface area contributed by atoms with Crippen LogP contribution in [0, 0.1) is 0 Å². The lowest BCUT2D eigenvalue weighted by Crippen LogP contribution is -2.35. The van der Waals surface area contributed by atoms with Gasteiger partial charge in [0.1, 0.15) is 0 Å². The quantitative estimate of drug-likeness (QED) is 0.772. The smallest absolute Gasteiger partial charge is 0.216 e. The van der Waals surface area contributed by atoms with Crippen LogP contribution < -0.4 is 4.72 Å². The van der Waals surface area contributed by atoms with Crippen molar-refractivity contribution in [3.63, 3.8) is 0 Å². The Morgan fingerprint density at radius 3 is 2.47 bits per heavy atom. The molecule has 5 heteroatoms. The van der Waals surface area contributed by atoms with Crippen LogP contribution in [0.5, 0.6) is 0 Å². The van der Waals surface area contributed by atoms with Crippen molar-refractivity contribution in [1.82, 2.24) is 4.72 Å². The van der Waals surface area contributed by atoms with E-state index in [-0.39, 0.29) is 12.4 Å². The second kappa shape index (κ2) is 5.25. The predicted molar refractivity (Wildman–Crippen MR) is 58.7 cm³/mol. The Bertz CT molecular complexity index is 388. The number of sulfonamides is 1. The number of aliphatic hydroxyl groups excluding tert-OH is 1. The van der Waals surface area contributed by atoms with Crippen LogP contribution >= 0.6 is 0 Å². The van der Waals surface area contributed by atoms with Gasteiger partial charge in [-0.1, -0.05) is 30.3 Å². The van der Waals surface area contributed by atoms with Crippen LogP contribution in [0.3, 0.4) is 0 Å². The zero-order chi connectivity index (χ0) is 11.3. The van der Waals surface area contributed by atoms with Crippen molar-refractivity contribution in [2.24, 2.45) is 0 Å². The summed E-state index contributed by atoms with van der Waals surface area (Å²) >= 11 is 0. The van der Waals surface area contributed by atoms with Crippen LogP contribution in [0.15, 0.2) is 30.3 Å². The van der Waals surface area contributed by atoms with Crippen molar-refractivity contribution in [1.29, 1.82) is 0 Å². The molecule has 0 aliphatic carbocycles. The van der Waals surface area contributed by atoms with Crippen molar-refractivity contribution in [3.8, 4) is 0 Å². The van der Waals surface area contributed by atoms with Gasteiger partial charge in [-0.2, -0.15) is 0 Å². The largest absolute Gasteiger partial charge is 0.395 e. The average Bonchev–Trinajstić information content (AvgIpc) is 2.17. The third kappa shape index (κ3) is 4.42. The fourth-order valence-electron chi connectivity index (χ4n) is 1.18. The highest BCUT2D eigenvalue weighted by Gasteiger charge is 2.14. The van der Waals surface area contributed by atoms with Gasteiger partial charge in [0.25, 0.3) is 0 Å². The summed E-state index contributed by atoms with van der Waals surface area (Å²) in [6.07, 6.45) is 0. The fourth-order valence-corrected chi connectivity index (χ4v) is 2.58. The molecule has 1 rings (SSSR count). The minimum absolute atomic E-state index is 0.0574. The molecule has 0 spiro atoms. The van der Waals surface area contributed by atoms with Gasteiger partial charge in [-0.15, -0.1) is 0 Å². The van der Waals surface area contributed by atoms with E-state index in [1.807, 2.05) is 6.07 Å². The first kappa shape index (κ1) is 12.2. The molecule has 15 heavy (non-hydrogen) atoms. The van der Waals surface area contributed by atoms with E-state index in [0.717, 1.165) is 5.56 Å². The number of benzene rings is 1. The Kier molecular flexibility index (Phi) is 4.26. The highest BCUT2D eigenvalue weighted by atomic mass is 32.2. The van der Waals surface area contributed by atoms with E-state index in [9.17, 15) is 8.42 Å². The molecule has 0 aliphatic rings. The zero-order valence-electron chi connectivity index (χ0n) is 8.55. The van der Waals surface area contributed by atoms with Crippen molar-refractivity contribution < 1.29 is 13.5 Å². The molecule has 0 saturated heterocycles. The molecule has 0 saturated carbocycles. The van der Waals surface area contributed by atoms with Crippen LogP contribution in [0.4, 0.5) is 0 Å². The number of hydrogen-bond acceptors (Lipinski definition) is 3. The van der Waals surface area contributed by atoms with Gasteiger partial charge in [-0.05, 0) is 12.5 Å². The molecule has 84 valence electrons. The summed E-state index contributed by atoms with van der Waals surface area (Å²) in [6, 6.07) is 8.48. The maximum atomic E-state index is 11.5. The third-order valence-corrected chi connectivity index (χ3v) is 3.33. The topological polar surface area (TPSA) is 66.4 Å². The van der Waals surface area contributed by atoms with E-state index in [2.05, 4.69) is 4.72 Å². The minimum atomic E-state index is -3.36. The van der Waals surface area contributed by atoms with Gasteiger partial charge in [0, 0.05) is 6.04 Å². The second-order valence-corrected chi connectivity index (χ2v) is 5.20. The first-order valence-corrected chi connectivity index (χ1v) is 6.33. The van der Waals surface area contributed by atoms with Gasteiger partial charge in [-0.25, -0.2) is 13.1 Å². The van der Waals surface area contributed by atoms with Crippen molar-refractivity contribution in [2.45, 2.75) is 18.7 Å². The van der Waals surface area contributed by atoms with E-state index in [0.29, 0.717) is 0 Å². The number of aliphatic hydroxyl groups is 1. The standard InChI is InChI=1S/C10H15NO3S/c1-9(7-12)11-15(13,14)8-10-5-3-2-4-6-10/h2-6,9,11-12H,7-8H2,1H3. The first-order valence-electron chi connectivity index (χ1n) is 4.68. The lowest BCUT2D eigenvalue weighted by Gasteiger charge is -2.11. The van der Waals surface area contributed by atoms with Crippen LogP contribution in [-0.4, -0.2) is 26.2 Å². The molecule has 0 fully saturated rings. The van der Waals surface area contributed by atoms with Crippen LogP contribution in [-0.2, 0) is 15.8 Å². The molecule has 2 N–H and O–H groups in total. The van der Waals surface area contributed by atoms with Gasteiger partial charge in [0.15, 0.2) is 0 Å². The summed E-state index contributed by atoms with van der Waals surface area (Å²) in [5.74, 6) is -0.0574. The van der Waals surface area contributed by atoms with Gasteiger partial charge in [-0.3, -0.25) is 0 Å². The third-order valence-electron chi connectivity index (χ3n) is 1.85. The molecule has 0 radical (unpaired) electrons. The Morgan fingerprint density at radius 1 is 1.33 bits per heavy atom. The first-order chi connectivity index (χ1) is 7.03. The van der Waals surface area contributed by atoms with Crippen LogP contribution in [0.2, 0.25) is 0 Å².